The van der Waals surface area contributed by atoms with E-state index in [1.54, 1.807) is 0 Å². The van der Waals surface area contributed by atoms with Crippen molar-refractivity contribution < 1.29 is 0 Å². The van der Waals surface area contributed by atoms with Gasteiger partial charge in [0.1, 0.15) is 5.82 Å². The number of hydrogen-bond acceptors (Lipinski definition) is 2. The van der Waals surface area contributed by atoms with Gasteiger partial charge in [0.25, 0.3) is 0 Å². The fourth-order valence-corrected chi connectivity index (χ4v) is 2.45. The van der Waals surface area contributed by atoms with Crippen LogP contribution in [0.2, 0.25) is 0 Å². The van der Waals surface area contributed by atoms with E-state index in [0.717, 1.165) is 17.2 Å². The van der Waals surface area contributed by atoms with E-state index in [1.807, 2.05) is 26.0 Å². The van der Waals surface area contributed by atoms with E-state index in [0.29, 0.717) is 0 Å². The molecule has 1 aromatic carbocycles. The number of benzene rings is 1. The summed E-state index contributed by atoms with van der Waals surface area (Å²) < 4.78 is 2.21. The molecule has 3 nitrogen and oxygen atoms in total. The van der Waals surface area contributed by atoms with Crippen LogP contribution in [0.4, 0.5) is 5.69 Å². The van der Waals surface area contributed by atoms with Gasteiger partial charge in [-0.3, -0.25) is 0 Å². The molecule has 0 aliphatic rings. The lowest BCUT2D eigenvalue weighted by Gasteiger charge is -2.15. The number of rotatable bonds is 1. The smallest absolute Gasteiger partial charge is 0.110 e. The second kappa shape index (κ2) is 3.91. The second-order valence-corrected chi connectivity index (χ2v) is 4.67. The van der Waals surface area contributed by atoms with Crippen molar-refractivity contribution in [1.82, 2.24) is 9.55 Å². The van der Waals surface area contributed by atoms with Crippen molar-refractivity contribution in [2.24, 2.45) is 0 Å². The van der Waals surface area contributed by atoms with Gasteiger partial charge in [0.15, 0.2) is 0 Å². The summed E-state index contributed by atoms with van der Waals surface area (Å²) in [5.74, 6) is 1.02. The summed E-state index contributed by atoms with van der Waals surface area (Å²) >= 11 is 0. The van der Waals surface area contributed by atoms with Gasteiger partial charge in [-0.25, -0.2) is 4.98 Å². The molecular formula is C14H19N3. The number of imidazole rings is 1. The maximum Gasteiger partial charge on any atom is 0.110 e. The van der Waals surface area contributed by atoms with Gasteiger partial charge in [-0.05, 0) is 57.9 Å². The summed E-state index contributed by atoms with van der Waals surface area (Å²) in [7, 11) is 0. The first kappa shape index (κ1) is 11.7. The van der Waals surface area contributed by atoms with Gasteiger partial charge in [-0.15, -0.1) is 0 Å². The van der Waals surface area contributed by atoms with Crippen molar-refractivity contribution in [3.63, 3.8) is 0 Å². The molecule has 0 atom stereocenters. The van der Waals surface area contributed by atoms with Crippen molar-refractivity contribution in [1.29, 1.82) is 0 Å². The second-order valence-electron chi connectivity index (χ2n) is 4.67. The highest BCUT2D eigenvalue weighted by Crippen LogP contribution is 2.26. The molecule has 2 N–H and O–H groups in total. The predicted molar refractivity (Wildman–Crippen MR) is 71.7 cm³/mol. The van der Waals surface area contributed by atoms with Crippen molar-refractivity contribution in [2.45, 2.75) is 34.6 Å². The fraction of sp³-hybridized carbons (Fsp3) is 0.357. The van der Waals surface area contributed by atoms with Crippen LogP contribution in [0.1, 0.15) is 28.3 Å². The lowest BCUT2D eigenvalue weighted by atomic mass is 10.1. The van der Waals surface area contributed by atoms with E-state index < -0.39 is 0 Å². The maximum atomic E-state index is 5.86. The normalized spacial score (nSPS) is 10.9. The van der Waals surface area contributed by atoms with Crippen molar-refractivity contribution >= 4 is 5.69 Å². The Morgan fingerprint density at radius 1 is 1.00 bits per heavy atom. The molecule has 0 aliphatic carbocycles. The Kier molecular flexibility index (Phi) is 2.69. The predicted octanol–water partition coefficient (Wildman–Crippen LogP) is 3.00. The summed E-state index contributed by atoms with van der Waals surface area (Å²) in [6.45, 7) is 10.4. The third-order valence-electron chi connectivity index (χ3n) is 3.25. The lowest BCUT2D eigenvalue weighted by molar-refractivity contribution is 0.922. The molecule has 0 saturated heterocycles. The average molecular weight is 229 g/mol. The number of aromatic nitrogens is 2. The van der Waals surface area contributed by atoms with E-state index in [4.69, 9.17) is 5.73 Å². The molecule has 1 aromatic heterocycles. The zero-order chi connectivity index (χ0) is 12.7. The topological polar surface area (TPSA) is 43.8 Å². The van der Waals surface area contributed by atoms with Gasteiger partial charge in [0.2, 0.25) is 0 Å². The standard InChI is InChI=1S/C14H19N3/c1-8-6-13(15)7-9(2)14(8)17-11(4)10(3)16-12(17)5/h6-7H,15H2,1-5H3. The molecule has 90 valence electrons. The van der Waals surface area contributed by atoms with Crippen molar-refractivity contribution in [3.8, 4) is 5.69 Å². The molecule has 0 aliphatic heterocycles. The third kappa shape index (κ3) is 1.82. The molecule has 0 unspecified atom stereocenters. The van der Waals surface area contributed by atoms with Crippen molar-refractivity contribution in [2.75, 3.05) is 5.73 Å². The van der Waals surface area contributed by atoms with Crippen LogP contribution in [0.15, 0.2) is 12.1 Å². The SMILES string of the molecule is Cc1cc(N)cc(C)c1-n1c(C)nc(C)c1C. The van der Waals surface area contributed by atoms with Gasteiger partial charge in [-0.1, -0.05) is 0 Å². The zero-order valence-corrected chi connectivity index (χ0v) is 11.1. The molecule has 2 rings (SSSR count). The van der Waals surface area contributed by atoms with E-state index in [-0.39, 0.29) is 0 Å². The monoisotopic (exact) mass is 229 g/mol. The number of hydrogen-bond donors (Lipinski definition) is 1. The number of nitrogen functional groups attached to an aromatic ring is 1. The molecule has 0 amide bonds. The van der Waals surface area contributed by atoms with Crippen LogP contribution in [0.5, 0.6) is 0 Å². The molecule has 0 spiro atoms. The minimum atomic E-state index is 0.816. The van der Waals surface area contributed by atoms with Gasteiger partial charge < -0.3 is 10.3 Å². The average Bonchev–Trinajstić information content (AvgIpc) is 2.43. The van der Waals surface area contributed by atoms with Gasteiger partial charge in [-0.2, -0.15) is 0 Å². The van der Waals surface area contributed by atoms with E-state index in [2.05, 4.69) is 30.3 Å². The first-order chi connectivity index (χ1) is 7.91. The minimum Gasteiger partial charge on any atom is -0.399 e. The Hall–Kier alpha value is -1.77. The Bertz CT molecular complexity index is 556. The summed E-state index contributed by atoms with van der Waals surface area (Å²) in [5, 5.41) is 0. The highest BCUT2D eigenvalue weighted by molar-refractivity contribution is 5.57. The number of nitrogens with two attached hydrogens (primary N) is 1. The van der Waals surface area contributed by atoms with E-state index >= 15 is 0 Å². The van der Waals surface area contributed by atoms with Crippen LogP contribution in [0, 0.1) is 34.6 Å². The van der Waals surface area contributed by atoms with Crippen LogP contribution < -0.4 is 5.73 Å². The summed E-state index contributed by atoms with van der Waals surface area (Å²) in [4.78, 5) is 4.52. The molecule has 0 bridgehead atoms. The highest BCUT2D eigenvalue weighted by atomic mass is 15.1. The molecule has 2 aromatic rings. The lowest BCUT2D eigenvalue weighted by Crippen LogP contribution is -2.05. The zero-order valence-electron chi connectivity index (χ0n) is 11.1. The largest absolute Gasteiger partial charge is 0.399 e. The van der Waals surface area contributed by atoms with Crippen LogP contribution in [0.3, 0.4) is 0 Å². The Morgan fingerprint density at radius 3 is 1.94 bits per heavy atom. The van der Waals surface area contributed by atoms with Crippen LogP contribution in [-0.4, -0.2) is 9.55 Å². The molecular weight excluding hydrogens is 210 g/mol. The number of aryl methyl sites for hydroxylation is 4. The Labute approximate surface area is 102 Å². The quantitative estimate of drug-likeness (QED) is 0.764. The van der Waals surface area contributed by atoms with Crippen LogP contribution in [-0.2, 0) is 0 Å². The van der Waals surface area contributed by atoms with Gasteiger partial charge >= 0.3 is 0 Å². The van der Waals surface area contributed by atoms with Gasteiger partial charge in [0.05, 0.1) is 11.4 Å². The molecule has 0 fully saturated rings. The highest BCUT2D eigenvalue weighted by Gasteiger charge is 2.13. The molecule has 17 heavy (non-hydrogen) atoms. The number of nitrogens with zero attached hydrogens (tertiary/aromatic N) is 2. The van der Waals surface area contributed by atoms with E-state index in [9.17, 15) is 0 Å². The molecule has 3 heteroatoms. The summed E-state index contributed by atoms with van der Waals surface area (Å²) in [6, 6.07) is 4.02. The first-order valence-electron chi connectivity index (χ1n) is 5.81. The molecule has 0 saturated carbocycles. The Balaban J connectivity index is 2.77. The van der Waals surface area contributed by atoms with Crippen LogP contribution >= 0.6 is 0 Å². The summed E-state index contributed by atoms with van der Waals surface area (Å²) in [6.07, 6.45) is 0. The first-order valence-corrected chi connectivity index (χ1v) is 5.81. The molecule has 0 radical (unpaired) electrons. The van der Waals surface area contributed by atoms with Crippen molar-refractivity contribution in [3.05, 3.63) is 40.5 Å². The minimum absolute atomic E-state index is 0.816. The fourth-order valence-electron chi connectivity index (χ4n) is 2.45. The summed E-state index contributed by atoms with van der Waals surface area (Å²) in [5.41, 5.74) is 12.5. The van der Waals surface area contributed by atoms with Crippen LogP contribution in [0.25, 0.3) is 5.69 Å². The maximum absolute atomic E-state index is 5.86. The Morgan fingerprint density at radius 2 is 1.53 bits per heavy atom. The van der Waals surface area contributed by atoms with Gasteiger partial charge in [0, 0.05) is 11.4 Å². The third-order valence-corrected chi connectivity index (χ3v) is 3.25. The van der Waals surface area contributed by atoms with E-state index in [1.165, 1.54) is 22.5 Å². The molecule has 1 heterocycles. The number of anilines is 1.